The molecule has 0 aromatic heterocycles. The predicted octanol–water partition coefficient (Wildman–Crippen LogP) is 4.64. The maximum absolute atomic E-state index is 5.58. The molecule has 20 heavy (non-hydrogen) atoms. The topological polar surface area (TPSA) is 21.3 Å². The fourth-order valence-electron chi connectivity index (χ4n) is 3.19. The van der Waals surface area contributed by atoms with E-state index < -0.39 is 0 Å². The molecule has 0 amide bonds. The molecule has 0 atom stereocenters. The van der Waals surface area contributed by atoms with Crippen LogP contribution >= 0.6 is 0 Å². The van der Waals surface area contributed by atoms with Crippen molar-refractivity contribution in [3.05, 3.63) is 0 Å². The summed E-state index contributed by atoms with van der Waals surface area (Å²) in [6.07, 6.45) is 9.27. The largest absolute Gasteiger partial charge is 0.381 e. The second-order valence-electron chi connectivity index (χ2n) is 7.61. The summed E-state index contributed by atoms with van der Waals surface area (Å²) in [5.74, 6) is 1.85. The lowest BCUT2D eigenvalue weighted by atomic mass is 9.70. The van der Waals surface area contributed by atoms with Crippen LogP contribution in [0.2, 0.25) is 0 Å². The first kappa shape index (κ1) is 18.0. The van der Waals surface area contributed by atoms with Crippen molar-refractivity contribution in [2.75, 3.05) is 26.3 Å². The quantitative estimate of drug-likeness (QED) is 0.623. The predicted molar refractivity (Wildman–Crippen MR) is 88.1 cm³/mol. The van der Waals surface area contributed by atoms with Crippen LogP contribution in [0.25, 0.3) is 0 Å². The third-order valence-electron chi connectivity index (χ3n) is 4.79. The molecular formula is C18H37NO. The van der Waals surface area contributed by atoms with Crippen molar-refractivity contribution in [2.24, 2.45) is 17.3 Å². The van der Waals surface area contributed by atoms with Crippen LogP contribution in [0.5, 0.6) is 0 Å². The second-order valence-corrected chi connectivity index (χ2v) is 7.61. The van der Waals surface area contributed by atoms with Crippen molar-refractivity contribution in [3.63, 3.8) is 0 Å². The number of hydrogen-bond acceptors (Lipinski definition) is 2. The molecule has 0 unspecified atom stereocenters. The van der Waals surface area contributed by atoms with Gasteiger partial charge in [-0.2, -0.15) is 0 Å². The minimum absolute atomic E-state index is 0.508. The standard InChI is InChI=1S/C18H37NO/c1-5-6-13-20-14-7-12-19-15-16-8-10-17(11-9-16)18(2,3)4/h16-17,19H,5-15H2,1-4H3. The Bertz CT molecular complexity index is 226. The molecule has 0 radical (unpaired) electrons. The molecule has 1 rings (SSSR count). The third kappa shape index (κ3) is 7.64. The SMILES string of the molecule is CCCCOCCCNCC1CCC(C(C)(C)C)CC1. The van der Waals surface area contributed by atoms with E-state index in [9.17, 15) is 0 Å². The molecule has 0 aromatic rings. The molecule has 1 N–H and O–H groups in total. The summed E-state index contributed by atoms with van der Waals surface area (Å²) in [6.45, 7) is 13.6. The molecule has 0 heterocycles. The maximum Gasteiger partial charge on any atom is 0.0478 e. The number of unbranched alkanes of at least 4 members (excludes halogenated alkanes) is 1. The van der Waals surface area contributed by atoms with Crippen LogP contribution in [0.3, 0.4) is 0 Å². The highest BCUT2D eigenvalue weighted by Gasteiger charge is 2.29. The van der Waals surface area contributed by atoms with Gasteiger partial charge in [0, 0.05) is 13.2 Å². The van der Waals surface area contributed by atoms with E-state index in [-0.39, 0.29) is 0 Å². The Balaban J connectivity index is 1.94. The van der Waals surface area contributed by atoms with Crippen LogP contribution in [0.1, 0.15) is 72.6 Å². The first-order valence-electron chi connectivity index (χ1n) is 8.82. The summed E-state index contributed by atoms with van der Waals surface area (Å²) in [5.41, 5.74) is 0.508. The van der Waals surface area contributed by atoms with Crippen molar-refractivity contribution in [1.82, 2.24) is 5.32 Å². The van der Waals surface area contributed by atoms with Crippen molar-refractivity contribution in [3.8, 4) is 0 Å². The zero-order chi connectivity index (χ0) is 14.8. The minimum Gasteiger partial charge on any atom is -0.381 e. The third-order valence-corrected chi connectivity index (χ3v) is 4.79. The average molecular weight is 284 g/mol. The molecule has 120 valence electrons. The van der Waals surface area contributed by atoms with E-state index in [1.165, 1.54) is 45.1 Å². The summed E-state index contributed by atoms with van der Waals surface area (Å²) >= 11 is 0. The highest BCUT2D eigenvalue weighted by Crippen LogP contribution is 2.39. The fraction of sp³-hybridized carbons (Fsp3) is 1.00. The van der Waals surface area contributed by atoms with Gasteiger partial charge in [-0.05, 0) is 68.9 Å². The summed E-state index contributed by atoms with van der Waals surface area (Å²) in [6, 6.07) is 0. The zero-order valence-electron chi connectivity index (χ0n) is 14.3. The van der Waals surface area contributed by atoms with E-state index >= 15 is 0 Å². The normalized spacial score (nSPS) is 24.0. The summed E-state index contributed by atoms with van der Waals surface area (Å²) in [5, 5.41) is 3.62. The number of hydrogen-bond donors (Lipinski definition) is 1. The van der Waals surface area contributed by atoms with Crippen LogP contribution in [-0.4, -0.2) is 26.3 Å². The Hall–Kier alpha value is -0.0800. The van der Waals surface area contributed by atoms with Gasteiger partial charge in [0.2, 0.25) is 0 Å². The second kappa shape index (κ2) is 9.78. The van der Waals surface area contributed by atoms with Gasteiger partial charge in [-0.25, -0.2) is 0 Å². The van der Waals surface area contributed by atoms with Crippen LogP contribution < -0.4 is 5.32 Å². The zero-order valence-corrected chi connectivity index (χ0v) is 14.3. The molecule has 0 spiro atoms. The molecule has 2 nitrogen and oxygen atoms in total. The number of ether oxygens (including phenoxy) is 1. The smallest absolute Gasteiger partial charge is 0.0478 e. The molecule has 1 aliphatic rings. The number of nitrogens with one attached hydrogen (secondary N) is 1. The molecule has 1 fully saturated rings. The van der Waals surface area contributed by atoms with E-state index in [4.69, 9.17) is 4.74 Å². The van der Waals surface area contributed by atoms with E-state index in [0.717, 1.165) is 38.0 Å². The summed E-state index contributed by atoms with van der Waals surface area (Å²) in [4.78, 5) is 0. The van der Waals surface area contributed by atoms with Crippen LogP contribution in [-0.2, 0) is 4.74 Å². The first-order chi connectivity index (χ1) is 9.54. The van der Waals surface area contributed by atoms with E-state index in [2.05, 4.69) is 33.0 Å². The van der Waals surface area contributed by atoms with Gasteiger partial charge in [0.1, 0.15) is 0 Å². The van der Waals surface area contributed by atoms with Gasteiger partial charge < -0.3 is 10.1 Å². The lowest BCUT2D eigenvalue weighted by Crippen LogP contribution is -2.31. The lowest BCUT2D eigenvalue weighted by molar-refractivity contribution is 0.127. The van der Waals surface area contributed by atoms with Gasteiger partial charge in [0.25, 0.3) is 0 Å². The average Bonchev–Trinajstić information content (AvgIpc) is 2.41. The Morgan fingerprint density at radius 3 is 2.25 bits per heavy atom. The van der Waals surface area contributed by atoms with Gasteiger partial charge in [-0.3, -0.25) is 0 Å². The van der Waals surface area contributed by atoms with E-state index in [1.54, 1.807) is 0 Å². The summed E-state index contributed by atoms with van der Waals surface area (Å²) < 4.78 is 5.58. The molecule has 1 aliphatic carbocycles. The van der Waals surface area contributed by atoms with Crippen molar-refractivity contribution in [2.45, 2.75) is 72.6 Å². The highest BCUT2D eigenvalue weighted by molar-refractivity contribution is 4.81. The van der Waals surface area contributed by atoms with Gasteiger partial charge in [0.05, 0.1) is 0 Å². The lowest BCUT2D eigenvalue weighted by Gasteiger charge is -2.37. The van der Waals surface area contributed by atoms with Crippen LogP contribution in [0.4, 0.5) is 0 Å². The molecule has 0 bridgehead atoms. The number of rotatable bonds is 9. The maximum atomic E-state index is 5.58. The van der Waals surface area contributed by atoms with E-state index in [1.807, 2.05) is 0 Å². The van der Waals surface area contributed by atoms with Crippen LogP contribution in [0.15, 0.2) is 0 Å². The van der Waals surface area contributed by atoms with Gasteiger partial charge >= 0.3 is 0 Å². The fourth-order valence-corrected chi connectivity index (χ4v) is 3.19. The van der Waals surface area contributed by atoms with Crippen LogP contribution in [0, 0.1) is 17.3 Å². The molecule has 2 heteroatoms. The van der Waals surface area contributed by atoms with Gasteiger partial charge in [-0.15, -0.1) is 0 Å². The first-order valence-corrected chi connectivity index (χ1v) is 8.82. The molecule has 0 aromatic carbocycles. The highest BCUT2D eigenvalue weighted by atomic mass is 16.5. The Labute approximate surface area is 127 Å². The molecule has 0 saturated heterocycles. The Morgan fingerprint density at radius 2 is 1.65 bits per heavy atom. The van der Waals surface area contributed by atoms with Gasteiger partial charge in [0.15, 0.2) is 0 Å². The monoisotopic (exact) mass is 283 g/mol. The summed E-state index contributed by atoms with van der Waals surface area (Å²) in [7, 11) is 0. The molecular weight excluding hydrogens is 246 g/mol. The van der Waals surface area contributed by atoms with Gasteiger partial charge in [-0.1, -0.05) is 34.1 Å². The Morgan fingerprint density at radius 1 is 1.00 bits per heavy atom. The Kier molecular flexibility index (Phi) is 8.79. The van der Waals surface area contributed by atoms with E-state index in [0.29, 0.717) is 5.41 Å². The molecule has 1 saturated carbocycles. The van der Waals surface area contributed by atoms with Crippen molar-refractivity contribution >= 4 is 0 Å². The molecule has 0 aliphatic heterocycles. The minimum atomic E-state index is 0.508. The van der Waals surface area contributed by atoms with Crippen molar-refractivity contribution < 1.29 is 4.74 Å². The van der Waals surface area contributed by atoms with Crippen molar-refractivity contribution in [1.29, 1.82) is 0 Å².